The summed E-state index contributed by atoms with van der Waals surface area (Å²) in [6.45, 7) is 7.57. The number of nitrogens with one attached hydrogen (secondary N) is 1. The van der Waals surface area contributed by atoms with Crippen LogP contribution in [0.25, 0.3) is 0 Å². The fourth-order valence-corrected chi connectivity index (χ4v) is 2.34. The summed E-state index contributed by atoms with van der Waals surface area (Å²) in [5, 5.41) is 9.16. The van der Waals surface area contributed by atoms with Crippen molar-refractivity contribution in [2.75, 3.05) is 0 Å². The SMILES string of the molecule is C=CC\C=C/C=C(/C=C\C(=C)\C=C/C=C\C(N)=C/C=C\C=C\C(=O)C=CC=CC=CC=CC=CC=CC=O)NO. The van der Waals surface area contributed by atoms with Crippen molar-refractivity contribution >= 4 is 12.1 Å². The number of carbonyl (C=O) groups is 2. The van der Waals surface area contributed by atoms with Gasteiger partial charge >= 0.3 is 0 Å². The van der Waals surface area contributed by atoms with Gasteiger partial charge in [-0.25, -0.2) is 0 Å². The van der Waals surface area contributed by atoms with E-state index in [0.29, 0.717) is 11.4 Å². The molecule has 0 spiro atoms. The van der Waals surface area contributed by atoms with Crippen LogP contribution in [0.15, 0.2) is 194 Å². The third kappa shape index (κ3) is 24.4. The highest BCUT2D eigenvalue weighted by Gasteiger charge is 1.87. The Kier molecular flexibility index (Phi) is 23.3. The van der Waals surface area contributed by atoms with Crippen LogP contribution in [0.2, 0.25) is 0 Å². The molecule has 0 aliphatic carbocycles. The van der Waals surface area contributed by atoms with Crippen LogP contribution in [-0.4, -0.2) is 17.3 Å². The average Bonchev–Trinajstić information content (AvgIpc) is 2.95. The highest BCUT2D eigenvalue weighted by Crippen LogP contribution is 2.01. The maximum absolute atomic E-state index is 11.8. The van der Waals surface area contributed by atoms with Crippen LogP contribution in [0.3, 0.4) is 0 Å². The number of hydroxylamine groups is 1. The summed E-state index contributed by atoms with van der Waals surface area (Å²) in [6.07, 6.45) is 48.3. The molecule has 0 radical (unpaired) electrons. The molecule has 40 heavy (non-hydrogen) atoms. The van der Waals surface area contributed by atoms with Gasteiger partial charge in [-0.1, -0.05) is 128 Å². The Bertz CT molecular complexity index is 1220. The molecule has 206 valence electrons. The lowest BCUT2D eigenvalue weighted by Crippen LogP contribution is -2.03. The van der Waals surface area contributed by atoms with Crippen LogP contribution >= 0.6 is 0 Å². The van der Waals surface area contributed by atoms with E-state index in [1.165, 1.54) is 18.2 Å². The van der Waals surface area contributed by atoms with Crippen LogP contribution in [0.1, 0.15) is 6.42 Å². The minimum atomic E-state index is -0.135. The van der Waals surface area contributed by atoms with Gasteiger partial charge in [0, 0.05) is 5.70 Å². The Morgan fingerprint density at radius 3 is 1.75 bits per heavy atom. The summed E-state index contributed by atoms with van der Waals surface area (Å²) in [4.78, 5) is 21.9. The summed E-state index contributed by atoms with van der Waals surface area (Å²) in [5.74, 6) is -0.135. The number of carbonyl (C=O) groups excluding carboxylic acids is 2. The molecule has 0 aromatic carbocycles. The van der Waals surface area contributed by atoms with Crippen LogP contribution < -0.4 is 11.2 Å². The van der Waals surface area contributed by atoms with Crippen LogP contribution in [0, 0.1) is 0 Å². The first-order valence-corrected chi connectivity index (χ1v) is 12.4. The quantitative estimate of drug-likeness (QED) is 0.0533. The molecule has 0 rings (SSSR count). The van der Waals surface area contributed by atoms with Crippen LogP contribution in [0.4, 0.5) is 0 Å². The van der Waals surface area contributed by atoms with E-state index in [0.717, 1.165) is 18.3 Å². The number of allylic oxidation sites excluding steroid dienone is 28. The van der Waals surface area contributed by atoms with Gasteiger partial charge in [-0.05, 0) is 54.5 Å². The van der Waals surface area contributed by atoms with Crippen molar-refractivity contribution in [2.45, 2.75) is 6.42 Å². The largest absolute Gasteiger partial charge is 0.399 e. The molecule has 5 heteroatoms. The third-order valence-corrected chi connectivity index (χ3v) is 4.25. The van der Waals surface area contributed by atoms with Crippen molar-refractivity contribution in [1.82, 2.24) is 5.48 Å². The maximum Gasteiger partial charge on any atom is 0.178 e. The van der Waals surface area contributed by atoms with Crippen molar-refractivity contribution in [3.8, 4) is 0 Å². The first-order chi connectivity index (χ1) is 19.5. The van der Waals surface area contributed by atoms with E-state index in [-0.39, 0.29) is 5.78 Å². The van der Waals surface area contributed by atoms with Crippen LogP contribution in [0.5, 0.6) is 0 Å². The van der Waals surface area contributed by atoms with E-state index in [9.17, 15) is 9.59 Å². The van der Waals surface area contributed by atoms with Gasteiger partial charge < -0.3 is 5.73 Å². The highest BCUT2D eigenvalue weighted by atomic mass is 16.5. The standard InChI is InChI=1S/C35H38N2O3/c1-3-4-5-17-26-34(37-40)30-29-32(2)23-20-21-25-33(36)24-16-15-19-28-35(39)27-18-13-11-9-7-6-8-10-12-14-22-31-38/h3,5-31,37,40H,1-2,4,36H2/b8-6?,9-7?,12-10?,13-11?,16-15-,17-5-,22-14?,23-20-,25-21-,27-18?,28-19+,30-29-,33-24+,34-26-. The normalized spacial score (nSPS) is 14.3. The molecule has 0 bridgehead atoms. The molecular weight excluding hydrogens is 496 g/mol. The van der Waals surface area contributed by atoms with Gasteiger partial charge in [0.05, 0.1) is 5.70 Å². The lowest BCUT2D eigenvalue weighted by Gasteiger charge is -1.97. The molecular formula is C35H38N2O3. The van der Waals surface area contributed by atoms with Gasteiger partial charge in [0.2, 0.25) is 0 Å². The summed E-state index contributed by atoms with van der Waals surface area (Å²) in [5.41, 5.74) is 9.86. The number of rotatable bonds is 19. The molecule has 4 N–H and O–H groups in total. The van der Waals surface area contributed by atoms with Gasteiger partial charge in [0.15, 0.2) is 5.78 Å². The monoisotopic (exact) mass is 534 g/mol. The van der Waals surface area contributed by atoms with Crippen molar-refractivity contribution in [2.24, 2.45) is 5.73 Å². The second-order valence-corrected chi connectivity index (χ2v) is 7.55. The van der Waals surface area contributed by atoms with E-state index in [1.54, 1.807) is 97.2 Å². The van der Waals surface area contributed by atoms with E-state index in [1.807, 2.05) is 48.6 Å². The van der Waals surface area contributed by atoms with E-state index < -0.39 is 0 Å². The van der Waals surface area contributed by atoms with Crippen molar-refractivity contribution in [3.05, 3.63) is 194 Å². The molecule has 0 atom stereocenters. The minimum absolute atomic E-state index is 0.135. The Balaban J connectivity index is 4.49. The van der Waals surface area contributed by atoms with Gasteiger partial charge in [-0.15, -0.1) is 6.58 Å². The van der Waals surface area contributed by atoms with Gasteiger partial charge in [0.1, 0.15) is 6.29 Å². The molecule has 0 aromatic rings. The summed E-state index contributed by atoms with van der Waals surface area (Å²) in [6, 6.07) is 0. The number of hydrogen-bond acceptors (Lipinski definition) is 5. The van der Waals surface area contributed by atoms with E-state index in [4.69, 9.17) is 10.9 Å². The van der Waals surface area contributed by atoms with Gasteiger partial charge in [0.25, 0.3) is 0 Å². The zero-order valence-electron chi connectivity index (χ0n) is 22.6. The van der Waals surface area contributed by atoms with Crippen molar-refractivity contribution < 1.29 is 14.8 Å². The second-order valence-electron chi connectivity index (χ2n) is 7.55. The van der Waals surface area contributed by atoms with Crippen LogP contribution in [-0.2, 0) is 9.59 Å². The molecule has 0 heterocycles. The third-order valence-electron chi connectivity index (χ3n) is 4.25. The maximum atomic E-state index is 11.8. The molecule has 0 fully saturated rings. The zero-order valence-corrected chi connectivity index (χ0v) is 22.6. The Labute approximate surface area is 238 Å². The van der Waals surface area contributed by atoms with E-state index in [2.05, 4.69) is 18.6 Å². The minimum Gasteiger partial charge on any atom is -0.399 e. The Morgan fingerprint density at radius 2 is 1.18 bits per heavy atom. The highest BCUT2D eigenvalue weighted by molar-refractivity contribution is 5.99. The molecule has 0 aromatic heterocycles. The molecule has 0 aliphatic heterocycles. The topological polar surface area (TPSA) is 92.4 Å². The number of nitrogens with two attached hydrogens (primary N) is 1. The predicted octanol–water partition coefficient (Wildman–Crippen LogP) is 7.27. The Hall–Kier alpha value is -5.26. The fraction of sp³-hybridized carbons (Fsp3) is 0.0286. The molecule has 0 saturated heterocycles. The van der Waals surface area contributed by atoms with Gasteiger partial charge in [-0.3, -0.25) is 20.3 Å². The second kappa shape index (κ2) is 26.8. The molecule has 0 unspecified atom stereocenters. The van der Waals surface area contributed by atoms with Crippen molar-refractivity contribution in [1.29, 1.82) is 0 Å². The fourth-order valence-electron chi connectivity index (χ4n) is 2.34. The lowest BCUT2D eigenvalue weighted by atomic mass is 10.2. The number of aldehydes is 1. The Morgan fingerprint density at radius 1 is 0.650 bits per heavy atom. The summed E-state index contributed by atoms with van der Waals surface area (Å²) < 4.78 is 0. The lowest BCUT2D eigenvalue weighted by molar-refractivity contribution is -0.110. The first kappa shape index (κ1) is 34.7. The number of hydrogen-bond donors (Lipinski definition) is 3. The summed E-state index contributed by atoms with van der Waals surface area (Å²) in [7, 11) is 0. The number of ketones is 1. The zero-order chi connectivity index (χ0) is 29.5. The average molecular weight is 535 g/mol. The predicted molar refractivity (Wildman–Crippen MR) is 170 cm³/mol. The smallest absolute Gasteiger partial charge is 0.178 e. The molecule has 0 saturated carbocycles. The first-order valence-electron chi connectivity index (χ1n) is 12.4. The molecule has 0 aliphatic rings. The van der Waals surface area contributed by atoms with E-state index >= 15 is 0 Å². The molecule has 5 nitrogen and oxygen atoms in total. The summed E-state index contributed by atoms with van der Waals surface area (Å²) >= 11 is 0. The van der Waals surface area contributed by atoms with Gasteiger partial charge in [-0.2, -0.15) is 0 Å². The van der Waals surface area contributed by atoms with Crippen molar-refractivity contribution in [3.63, 3.8) is 0 Å². The molecule has 0 amide bonds.